The fraction of sp³-hybridized carbons (Fsp3) is 0.429. The molecule has 26 heavy (non-hydrogen) atoms. The van der Waals surface area contributed by atoms with Crippen molar-refractivity contribution in [1.29, 1.82) is 0 Å². The van der Waals surface area contributed by atoms with E-state index in [9.17, 15) is 4.79 Å². The van der Waals surface area contributed by atoms with Crippen molar-refractivity contribution in [2.24, 2.45) is 11.8 Å². The summed E-state index contributed by atoms with van der Waals surface area (Å²) in [6.07, 6.45) is 5.19. The molecule has 1 aromatic carbocycles. The van der Waals surface area contributed by atoms with Crippen molar-refractivity contribution in [3.8, 4) is 0 Å². The highest BCUT2D eigenvalue weighted by molar-refractivity contribution is 5.69. The third kappa shape index (κ3) is 3.39. The fourth-order valence-corrected chi connectivity index (χ4v) is 3.99. The first-order valence-electron chi connectivity index (χ1n) is 9.41. The van der Waals surface area contributed by atoms with E-state index >= 15 is 0 Å². The predicted octanol–water partition coefficient (Wildman–Crippen LogP) is 4.28. The Labute approximate surface area is 154 Å². The summed E-state index contributed by atoms with van der Waals surface area (Å²) in [4.78, 5) is 16.9. The average molecular weight is 351 g/mol. The smallest absolute Gasteiger partial charge is 0.408 e. The highest BCUT2D eigenvalue weighted by atomic mass is 16.5. The maximum absolute atomic E-state index is 12.4. The number of rotatable bonds is 4. The Kier molecular flexibility index (Phi) is 4.78. The molecule has 0 spiro atoms. The first-order valence-corrected chi connectivity index (χ1v) is 9.41. The molecule has 136 valence electrons. The van der Waals surface area contributed by atoms with E-state index in [1.807, 2.05) is 42.5 Å². The molecule has 1 aromatic heterocycles. The molecule has 2 N–H and O–H groups in total. The molecule has 3 atom stereocenters. The second kappa shape index (κ2) is 7.36. The number of nitrogens with one attached hydrogen (secondary N) is 2. The lowest BCUT2D eigenvalue weighted by molar-refractivity contribution is 0.125. The number of ether oxygens (including phenoxy) is 1. The van der Waals surface area contributed by atoms with Gasteiger partial charge in [0.05, 0.1) is 17.4 Å². The molecule has 1 aliphatic heterocycles. The summed E-state index contributed by atoms with van der Waals surface area (Å²) in [6.45, 7) is 2.46. The number of aromatic nitrogens is 1. The minimum absolute atomic E-state index is 0.138. The van der Waals surface area contributed by atoms with Crippen LogP contribution in [0.5, 0.6) is 0 Å². The van der Waals surface area contributed by atoms with Crippen molar-refractivity contribution < 1.29 is 9.53 Å². The SMILES string of the molecule is C[C@@H]1C(NC(=O)OCc2ccccc2)c2ncccc2N[C@H]1C1CCC1. The molecule has 2 aliphatic rings. The van der Waals surface area contributed by atoms with Crippen molar-refractivity contribution in [3.63, 3.8) is 0 Å². The molecule has 5 nitrogen and oxygen atoms in total. The Morgan fingerprint density at radius 3 is 2.77 bits per heavy atom. The van der Waals surface area contributed by atoms with Crippen LogP contribution in [0, 0.1) is 11.8 Å². The van der Waals surface area contributed by atoms with Gasteiger partial charge >= 0.3 is 6.09 Å². The van der Waals surface area contributed by atoms with Gasteiger partial charge in [-0.15, -0.1) is 0 Å². The zero-order chi connectivity index (χ0) is 17.9. The molecule has 1 aliphatic carbocycles. The number of hydrogen-bond acceptors (Lipinski definition) is 4. The largest absolute Gasteiger partial charge is 0.445 e. The number of fused-ring (bicyclic) bond motifs is 1. The molecule has 5 heteroatoms. The fourth-order valence-electron chi connectivity index (χ4n) is 3.99. The molecule has 1 saturated carbocycles. The van der Waals surface area contributed by atoms with Crippen LogP contribution in [-0.2, 0) is 11.3 Å². The van der Waals surface area contributed by atoms with Crippen LogP contribution in [0.4, 0.5) is 10.5 Å². The molecule has 1 fully saturated rings. The van der Waals surface area contributed by atoms with Gasteiger partial charge < -0.3 is 15.4 Å². The zero-order valence-electron chi connectivity index (χ0n) is 15.0. The van der Waals surface area contributed by atoms with Gasteiger partial charge in [0, 0.05) is 18.2 Å². The Balaban J connectivity index is 1.47. The molecular formula is C21H25N3O2. The van der Waals surface area contributed by atoms with Gasteiger partial charge in [-0.25, -0.2) is 4.79 Å². The van der Waals surface area contributed by atoms with E-state index in [1.54, 1.807) is 6.20 Å². The standard InChI is InChI=1S/C21H25N3O2/c1-14-18(16-9-5-10-16)23-17-11-6-12-22-20(17)19(14)24-21(25)26-13-15-7-3-2-4-8-15/h2-4,6-8,11-12,14,16,18-19,23H,5,9-10,13H2,1H3,(H,24,25)/t14-,18+,19?/m0/s1. The monoisotopic (exact) mass is 351 g/mol. The maximum atomic E-state index is 12.4. The van der Waals surface area contributed by atoms with Crippen LogP contribution in [-0.4, -0.2) is 17.1 Å². The molecule has 0 radical (unpaired) electrons. The van der Waals surface area contributed by atoms with Crippen molar-refractivity contribution in [2.75, 3.05) is 5.32 Å². The van der Waals surface area contributed by atoms with Gasteiger partial charge in [-0.05, 0) is 36.5 Å². The lowest BCUT2D eigenvalue weighted by Gasteiger charge is -2.44. The van der Waals surface area contributed by atoms with Crippen molar-refractivity contribution in [2.45, 2.75) is 44.9 Å². The summed E-state index contributed by atoms with van der Waals surface area (Å²) in [7, 11) is 0. The van der Waals surface area contributed by atoms with Crippen LogP contribution in [0.3, 0.4) is 0 Å². The Hall–Kier alpha value is -2.56. The van der Waals surface area contributed by atoms with Crippen LogP contribution in [0.25, 0.3) is 0 Å². The van der Waals surface area contributed by atoms with E-state index in [2.05, 4.69) is 22.5 Å². The van der Waals surface area contributed by atoms with Gasteiger partial charge in [0.25, 0.3) is 0 Å². The second-order valence-corrected chi connectivity index (χ2v) is 7.34. The van der Waals surface area contributed by atoms with E-state index in [-0.39, 0.29) is 18.6 Å². The molecule has 0 saturated heterocycles. The molecular weight excluding hydrogens is 326 g/mol. The van der Waals surface area contributed by atoms with E-state index in [0.717, 1.165) is 16.9 Å². The lowest BCUT2D eigenvalue weighted by Crippen LogP contribution is -2.49. The number of carbonyl (C=O) groups excluding carboxylic acids is 1. The number of pyridine rings is 1. The van der Waals surface area contributed by atoms with Crippen LogP contribution >= 0.6 is 0 Å². The van der Waals surface area contributed by atoms with Crippen molar-refractivity contribution in [1.82, 2.24) is 10.3 Å². The summed E-state index contributed by atoms with van der Waals surface area (Å²) in [5.41, 5.74) is 2.90. The van der Waals surface area contributed by atoms with Gasteiger partial charge in [0.1, 0.15) is 6.61 Å². The predicted molar refractivity (Wildman–Crippen MR) is 101 cm³/mol. The normalized spacial score (nSPS) is 24.7. The summed E-state index contributed by atoms with van der Waals surface area (Å²) < 4.78 is 5.43. The van der Waals surface area contributed by atoms with Gasteiger partial charge in [-0.1, -0.05) is 43.7 Å². The highest BCUT2D eigenvalue weighted by Gasteiger charge is 2.41. The van der Waals surface area contributed by atoms with Crippen molar-refractivity contribution >= 4 is 11.8 Å². The van der Waals surface area contributed by atoms with Crippen LogP contribution < -0.4 is 10.6 Å². The quantitative estimate of drug-likeness (QED) is 0.863. The summed E-state index contributed by atoms with van der Waals surface area (Å²) in [5, 5.41) is 6.72. The van der Waals surface area contributed by atoms with E-state index in [0.29, 0.717) is 12.0 Å². The first-order chi connectivity index (χ1) is 12.7. The zero-order valence-corrected chi connectivity index (χ0v) is 15.0. The first kappa shape index (κ1) is 16.9. The maximum Gasteiger partial charge on any atom is 0.408 e. The average Bonchev–Trinajstić information content (AvgIpc) is 2.63. The molecule has 0 bridgehead atoms. The topological polar surface area (TPSA) is 63.2 Å². The molecule has 1 unspecified atom stereocenters. The second-order valence-electron chi connectivity index (χ2n) is 7.34. The Bertz CT molecular complexity index is 761. The summed E-state index contributed by atoms with van der Waals surface area (Å²) in [6, 6.07) is 13.9. The number of hydrogen-bond donors (Lipinski definition) is 2. The van der Waals surface area contributed by atoms with E-state index in [4.69, 9.17) is 4.74 Å². The summed E-state index contributed by atoms with van der Waals surface area (Å²) >= 11 is 0. The van der Waals surface area contributed by atoms with Crippen LogP contribution in [0.2, 0.25) is 0 Å². The van der Waals surface area contributed by atoms with E-state index < -0.39 is 6.09 Å². The molecule has 1 amide bonds. The lowest BCUT2D eigenvalue weighted by atomic mass is 9.71. The van der Waals surface area contributed by atoms with Gasteiger partial charge in [-0.3, -0.25) is 4.98 Å². The van der Waals surface area contributed by atoms with Gasteiger partial charge in [-0.2, -0.15) is 0 Å². The summed E-state index contributed by atoms with van der Waals surface area (Å²) in [5.74, 6) is 0.926. The number of carbonyl (C=O) groups is 1. The molecule has 2 aromatic rings. The van der Waals surface area contributed by atoms with Crippen molar-refractivity contribution in [3.05, 3.63) is 59.9 Å². The number of alkyl carbamates (subject to hydrolysis) is 1. The Morgan fingerprint density at radius 2 is 2.04 bits per heavy atom. The highest BCUT2D eigenvalue weighted by Crippen LogP contribution is 2.43. The number of nitrogens with zero attached hydrogens (tertiary/aromatic N) is 1. The van der Waals surface area contributed by atoms with Crippen LogP contribution in [0.1, 0.15) is 43.5 Å². The van der Waals surface area contributed by atoms with Gasteiger partial charge in [0.15, 0.2) is 0 Å². The minimum atomic E-state index is -0.392. The third-order valence-corrected chi connectivity index (χ3v) is 5.69. The number of benzene rings is 1. The third-order valence-electron chi connectivity index (χ3n) is 5.69. The minimum Gasteiger partial charge on any atom is -0.445 e. The molecule has 4 rings (SSSR count). The van der Waals surface area contributed by atoms with E-state index in [1.165, 1.54) is 19.3 Å². The van der Waals surface area contributed by atoms with Gasteiger partial charge in [0.2, 0.25) is 0 Å². The van der Waals surface area contributed by atoms with Crippen LogP contribution in [0.15, 0.2) is 48.7 Å². The molecule has 2 heterocycles. The number of amides is 1. The Morgan fingerprint density at radius 1 is 1.23 bits per heavy atom. The number of anilines is 1.